The Kier molecular flexibility index (Phi) is 8.11. The third-order valence-electron chi connectivity index (χ3n) is 14.5. The Labute approximate surface area is 264 Å². The van der Waals surface area contributed by atoms with E-state index in [-0.39, 0.29) is 36.5 Å². The monoisotopic (exact) mass is 610 g/mol. The van der Waals surface area contributed by atoms with Crippen LogP contribution in [0.4, 0.5) is 4.39 Å². The van der Waals surface area contributed by atoms with E-state index in [9.17, 15) is 0 Å². The summed E-state index contributed by atoms with van der Waals surface area (Å²) in [6.45, 7) is 3.98. The maximum absolute atomic E-state index is 16.6. The van der Waals surface area contributed by atoms with E-state index in [2.05, 4.69) is 49.1 Å². The molecule has 9 fully saturated rings. The lowest BCUT2D eigenvalue weighted by Crippen LogP contribution is -2.62. The second-order valence-corrected chi connectivity index (χ2v) is 16.5. The van der Waals surface area contributed by atoms with E-state index >= 15 is 4.39 Å². The summed E-state index contributed by atoms with van der Waals surface area (Å²) in [5, 5.41) is 33.0. The van der Waals surface area contributed by atoms with Crippen molar-refractivity contribution in [3.63, 3.8) is 0 Å². The van der Waals surface area contributed by atoms with Crippen LogP contribution >= 0.6 is 0 Å². The molecule has 9 heteroatoms. The molecule has 18 unspecified atom stereocenters. The Morgan fingerprint density at radius 1 is 0.432 bits per heavy atom. The number of hydrogen-bond donors (Lipinski definition) is 8. The molecule has 0 aromatic rings. The van der Waals surface area contributed by atoms with Gasteiger partial charge in [0, 0.05) is 5.92 Å². The van der Waals surface area contributed by atoms with Gasteiger partial charge in [-0.3, -0.25) is 42.5 Å². The number of fused-ring (bicyclic) bond motifs is 20. The van der Waals surface area contributed by atoms with Gasteiger partial charge in [-0.1, -0.05) is 44.6 Å². The highest BCUT2D eigenvalue weighted by molar-refractivity contribution is 5.10. The van der Waals surface area contributed by atoms with E-state index in [4.69, 9.17) is 0 Å². The molecule has 0 spiro atoms. The van der Waals surface area contributed by atoms with Gasteiger partial charge in [0.05, 0.1) is 49.3 Å². The molecule has 0 amide bonds. The molecule has 0 radical (unpaired) electrons. The van der Waals surface area contributed by atoms with E-state index < -0.39 is 6.17 Å². The van der Waals surface area contributed by atoms with Crippen molar-refractivity contribution in [2.24, 2.45) is 53.3 Å². The fourth-order valence-electron chi connectivity index (χ4n) is 12.5. The Bertz CT molecular complexity index is 1040. The van der Waals surface area contributed by atoms with Crippen molar-refractivity contribution < 1.29 is 4.39 Å². The second-order valence-electron chi connectivity index (χ2n) is 16.5. The van der Waals surface area contributed by atoms with Crippen molar-refractivity contribution in [1.29, 1.82) is 0 Å². The van der Waals surface area contributed by atoms with E-state index in [0.717, 1.165) is 19.3 Å². The maximum atomic E-state index is 16.6. The summed E-state index contributed by atoms with van der Waals surface area (Å²) < 4.78 is 16.6. The van der Waals surface area contributed by atoms with Gasteiger partial charge in [-0.25, -0.2) is 4.39 Å². The lowest BCUT2D eigenvalue weighted by molar-refractivity contribution is 0.0427. The minimum atomic E-state index is -0.806. The molecule has 0 aromatic heterocycles. The Morgan fingerprint density at radius 2 is 0.750 bits per heavy atom. The summed E-state index contributed by atoms with van der Waals surface area (Å²) in [5.41, 5.74) is 0. The van der Waals surface area contributed by atoms with Crippen LogP contribution in [-0.2, 0) is 0 Å². The first kappa shape index (κ1) is 29.5. The van der Waals surface area contributed by atoms with Crippen LogP contribution in [-0.4, -0.2) is 55.5 Å². The molecular formula is C35H59FN8. The summed E-state index contributed by atoms with van der Waals surface area (Å²) in [6.07, 6.45) is 21.7. The molecular weight excluding hydrogens is 551 g/mol. The minimum Gasteiger partial charge on any atom is -0.286 e. The summed E-state index contributed by atoms with van der Waals surface area (Å²) in [5.74, 6) is 4.23. The van der Waals surface area contributed by atoms with Gasteiger partial charge >= 0.3 is 0 Å². The first-order valence-corrected chi connectivity index (χ1v) is 19.0. The lowest BCUT2D eigenvalue weighted by atomic mass is 9.71. The highest BCUT2D eigenvalue weighted by Gasteiger charge is 2.56. The van der Waals surface area contributed by atoms with E-state index in [1.807, 2.05) is 6.08 Å². The van der Waals surface area contributed by atoms with Gasteiger partial charge in [0.2, 0.25) is 0 Å². The molecule has 5 aliphatic heterocycles. The Hall–Kier alpha value is -0.650. The molecule has 18 atom stereocenters. The van der Waals surface area contributed by atoms with Crippen LogP contribution in [0.15, 0.2) is 12.7 Å². The normalized spacial score (nSPS) is 56.8. The largest absolute Gasteiger partial charge is 0.286 e. The predicted octanol–water partition coefficient (Wildman–Crippen LogP) is 3.36. The Balaban J connectivity index is 1.06. The van der Waals surface area contributed by atoms with Crippen molar-refractivity contribution in [3.05, 3.63) is 12.7 Å². The molecule has 9 aliphatic rings. The number of hydrogen-bond acceptors (Lipinski definition) is 8. The lowest BCUT2D eigenvalue weighted by Gasteiger charge is -2.40. The predicted molar refractivity (Wildman–Crippen MR) is 171 cm³/mol. The first-order valence-electron chi connectivity index (χ1n) is 19.0. The van der Waals surface area contributed by atoms with Gasteiger partial charge in [0.25, 0.3) is 0 Å². The van der Waals surface area contributed by atoms with Crippen LogP contribution in [0.5, 0.6) is 0 Å². The average molecular weight is 611 g/mol. The zero-order chi connectivity index (χ0) is 29.4. The highest BCUT2D eigenvalue weighted by atomic mass is 19.1. The molecule has 44 heavy (non-hydrogen) atoms. The highest BCUT2D eigenvalue weighted by Crippen LogP contribution is 2.47. The summed E-state index contributed by atoms with van der Waals surface area (Å²) in [6, 6.07) is 0. The molecule has 5 saturated heterocycles. The summed E-state index contributed by atoms with van der Waals surface area (Å²) >= 11 is 0. The van der Waals surface area contributed by atoms with Crippen LogP contribution in [0.1, 0.15) is 96.3 Å². The van der Waals surface area contributed by atoms with Gasteiger partial charge in [-0.05, 0) is 105 Å². The zero-order valence-electron chi connectivity index (χ0n) is 26.7. The number of rotatable bonds is 2. The number of allylic oxidation sites excluding steroid dienone is 1. The van der Waals surface area contributed by atoms with E-state index in [0.29, 0.717) is 66.1 Å². The molecule has 8 bridgehead atoms. The molecule has 5 heterocycles. The number of halogens is 1. The van der Waals surface area contributed by atoms with Crippen LogP contribution in [0.3, 0.4) is 0 Å². The first-order chi connectivity index (χ1) is 21.7. The van der Waals surface area contributed by atoms with Crippen molar-refractivity contribution in [2.75, 3.05) is 0 Å². The average Bonchev–Trinajstić information content (AvgIpc) is 3.78. The summed E-state index contributed by atoms with van der Waals surface area (Å²) in [4.78, 5) is 0. The quantitative estimate of drug-likeness (QED) is 0.226. The minimum absolute atomic E-state index is 0.0177. The van der Waals surface area contributed by atoms with Crippen molar-refractivity contribution in [3.8, 4) is 0 Å². The standard InChI is InChI=1S/C35H59FN8/c1-2-9-18-16-17-25-26(27(18)36)35-43-33-24-15-8-7-14-23(24)31(41-33)39-29-20-11-4-3-10-19(20)28(37-29)38-30-21-12-5-6-13-22(21)32(40-30)42-34(25)44-35/h2,18-35,37-44H,1,3-17H2. The molecule has 9 rings (SSSR count). The second kappa shape index (κ2) is 12.1. The van der Waals surface area contributed by atoms with Crippen LogP contribution in [0.2, 0.25) is 0 Å². The fraction of sp³-hybridized carbons (Fsp3) is 0.943. The third kappa shape index (κ3) is 4.97. The molecule has 0 aromatic carbocycles. The van der Waals surface area contributed by atoms with Gasteiger partial charge in [0.1, 0.15) is 6.17 Å². The zero-order valence-corrected chi connectivity index (χ0v) is 26.7. The number of alkyl halides is 1. The fourth-order valence-corrected chi connectivity index (χ4v) is 12.5. The summed E-state index contributed by atoms with van der Waals surface area (Å²) in [7, 11) is 0. The van der Waals surface area contributed by atoms with Crippen LogP contribution < -0.4 is 42.5 Å². The van der Waals surface area contributed by atoms with E-state index in [1.54, 1.807) is 0 Å². The van der Waals surface area contributed by atoms with Crippen molar-refractivity contribution in [2.45, 2.75) is 152 Å². The van der Waals surface area contributed by atoms with E-state index in [1.165, 1.54) is 77.0 Å². The molecule has 8 nitrogen and oxygen atoms in total. The smallest absolute Gasteiger partial charge is 0.109 e. The van der Waals surface area contributed by atoms with Gasteiger partial charge in [-0.2, -0.15) is 0 Å². The third-order valence-corrected chi connectivity index (χ3v) is 14.5. The van der Waals surface area contributed by atoms with Gasteiger partial charge in [0.15, 0.2) is 0 Å². The molecule has 4 aliphatic carbocycles. The molecule has 8 N–H and O–H groups in total. The van der Waals surface area contributed by atoms with Crippen LogP contribution in [0, 0.1) is 53.3 Å². The number of nitrogens with one attached hydrogen (secondary N) is 8. The van der Waals surface area contributed by atoms with Crippen LogP contribution in [0.25, 0.3) is 0 Å². The van der Waals surface area contributed by atoms with Crippen molar-refractivity contribution >= 4 is 0 Å². The Morgan fingerprint density at radius 3 is 1.09 bits per heavy atom. The topological polar surface area (TPSA) is 96.2 Å². The molecule has 4 saturated carbocycles. The van der Waals surface area contributed by atoms with Gasteiger partial charge < -0.3 is 0 Å². The van der Waals surface area contributed by atoms with Crippen molar-refractivity contribution in [1.82, 2.24) is 42.5 Å². The molecule has 246 valence electrons. The maximum Gasteiger partial charge on any atom is 0.109 e. The van der Waals surface area contributed by atoms with Gasteiger partial charge in [-0.15, -0.1) is 6.58 Å². The SMILES string of the molecule is C=CCC1CCC2C3NC4NC(NC5NC(NC6NC(NC(N3)C2C1F)C1CCCCC61)C1CCCCC51)C1CCCCC41.